The maximum absolute atomic E-state index is 13.0. The van der Waals surface area contributed by atoms with Gasteiger partial charge in [-0.2, -0.15) is 0 Å². The van der Waals surface area contributed by atoms with Gasteiger partial charge in [-0.05, 0) is 31.4 Å². The molecule has 0 bridgehead atoms. The summed E-state index contributed by atoms with van der Waals surface area (Å²) in [6.07, 6.45) is 4.80. The number of ether oxygens (including phenoxy) is 1. The number of piperidine rings is 1. The van der Waals surface area contributed by atoms with Crippen LogP contribution in [0.3, 0.4) is 0 Å². The Morgan fingerprint density at radius 2 is 2.04 bits per heavy atom. The number of pyridine rings is 1. The first kappa shape index (κ1) is 16.1. The van der Waals surface area contributed by atoms with Gasteiger partial charge in [-0.1, -0.05) is 11.2 Å². The average molecular weight is 342 g/mol. The molecule has 0 saturated carbocycles. The van der Waals surface area contributed by atoms with Gasteiger partial charge >= 0.3 is 0 Å². The maximum Gasteiger partial charge on any atom is 0.293 e. The lowest BCUT2D eigenvalue weighted by Crippen LogP contribution is -2.38. The quantitative estimate of drug-likeness (QED) is 0.852. The number of nitrogens with zero attached hydrogens (tertiary/aromatic N) is 4. The van der Waals surface area contributed by atoms with Gasteiger partial charge in [0.15, 0.2) is 5.82 Å². The number of anilines is 1. The normalized spacial score (nSPS) is 21.4. The van der Waals surface area contributed by atoms with Gasteiger partial charge < -0.3 is 19.1 Å². The van der Waals surface area contributed by atoms with Crippen molar-refractivity contribution in [3.8, 4) is 0 Å². The fourth-order valence-corrected chi connectivity index (χ4v) is 3.50. The second-order valence-corrected chi connectivity index (χ2v) is 6.41. The molecule has 4 rings (SSSR count). The van der Waals surface area contributed by atoms with E-state index in [1.807, 2.05) is 23.1 Å². The van der Waals surface area contributed by atoms with E-state index in [4.69, 9.17) is 9.26 Å². The summed E-state index contributed by atoms with van der Waals surface area (Å²) < 4.78 is 10.7. The Kier molecular flexibility index (Phi) is 4.65. The van der Waals surface area contributed by atoms with Crippen molar-refractivity contribution < 1.29 is 14.1 Å². The van der Waals surface area contributed by atoms with Crippen molar-refractivity contribution in [1.29, 1.82) is 0 Å². The third-order valence-corrected chi connectivity index (χ3v) is 4.84. The molecule has 132 valence electrons. The summed E-state index contributed by atoms with van der Waals surface area (Å²) in [4.78, 5) is 21.4. The molecule has 0 aliphatic carbocycles. The van der Waals surface area contributed by atoms with Crippen molar-refractivity contribution in [2.24, 2.45) is 0 Å². The van der Waals surface area contributed by atoms with Crippen LogP contribution in [-0.2, 0) is 4.74 Å². The lowest BCUT2D eigenvalue weighted by Gasteiger charge is -2.34. The minimum atomic E-state index is -0.109. The number of hydrogen-bond donors (Lipinski definition) is 0. The maximum atomic E-state index is 13.0. The topological polar surface area (TPSA) is 71.7 Å². The molecule has 0 spiro atoms. The Morgan fingerprint density at radius 3 is 2.84 bits per heavy atom. The highest BCUT2D eigenvalue weighted by Crippen LogP contribution is 2.31. The lowest BCUT2D eigenvalue weighted by atomic mass is 9.98. The van der Waals surface area contributed by atoms with Gasteiger partial charge in [0.2, 0.25) is 5.76 Å². The predicted molar refractivity (Wildman–Crippen MR) is 91.4 cm³/mol. The van der Waals surface area contributed by atoms with Crippen LogP contribution in [0.5, 0.6) is 0 Å². The van der Waals surface area contributed by atoms with Crippen LogP contribution in [0.25, 0.3) is 0 Å². The van der Waals surface area contributed by atoms with Crippen molar-refractivity contribution in [3.63, 3.8) is 0 Å². The van der Waals surface area contributed by atoms with Crippen LogP contribution in [-0.4, -0.2) is 53.8 Å². The van der Waals surface area contributed by atoms with Gasteiger partial charge in [0, 0.05) is 31.9 Å². The summed E-state index contributed by atoms with van der Waals surface area (Å²) in [7, 11) is 0. The first-order chi connectivity index (χ1) is 12.3. The van der Waals surface area contributed by atoms with Crippen LogP contribution >= 0.6 is 0 Å². The highest BCUT2D eigenvalue weighted by atomic mass is 16.5. The highest BCUT2D eigenvalue weighted by molar-refractivity contribution is 5.92. The van der Waals surface area contributed by atoms with Gasteiger partial charge in [-0.25, -0.2) is 0 Å². The van der Waals surface area contributed by atoms with E-state index in [1.54, 1.807) is 12.3 Å². The van der Waals surface area contributed by atoms with E-state index in [0.29, 0.717) is 31.3 Å². The zero-order valence-electron chi connectivity index (χ0n) is 14.1. The van der Waals surface area contributed by atoms with Crippen molar-refractivity contribution in [2.75, 3.05) is 37.7 Å². The van der Waals surface area contributed by atoms with Crippen LogP contribution in [0, 0.1) is 0 Å². The number of aromatic nitrogens is 2. The van der Waals surface area contributed by atoms with E-state index in [0.717, 1.165) is 38.0 Å². The number of amides is 1. The fourth-order valence-electron chi connectivity index (χ4n) is 3.50. The van der Waals surface area contributed by atoms with Crippen LogP contribution in [0.4, 0.5) is 5.82 Å². The Morgan fingerprint density at radius 1 is 1.16 bits per heavy atom. The first-order valence-electron chi connectivity index (χ1n) is 8.84. The van der Waals surface area contributed by atoms with E-state index in [-0.39, 0.29) is 11.9 Å². The molecule has 0 radical (unpaired) electrons. The third-order valence-electron chi connectivity index (χ3n) is 4.84. The smallest absolute Gasteiger partial charge is 0.293 e. The summed E-state index contributed by atoms with van der Waals surface area (Å²) in [6, 6.07) is 7.58. The molecule has 2 saturated heterocycles. The molecule has 2 aromatic heterocycles. The minimum Gasteiger partial charge on any atom is -0.378 e. The zero-order valence-corrected chi connectivity index (χ0v) is 14.1. The van der Waals surface area contributed by atoms with Crippen molar-refractivity contribution in [2.45, 2.75) is 25.3 Å². The summed E-state index contributed by atoms with van der Waals surface area (Å²) in [6.45, 7) is 3.59. The Hall–Kier alpha value is -2.41. The van der Waals surface area contributed by atoms with Crippen LogP contribution in [0.2, 0.25) is 0 Å². The largest absolute Gasteiger partial charge is 0.378 e. The Balaban J connectivity index is 1.53. The van der Waals surface area contributed by atoms with E-state index < -0.39 is 0 Å². The molecule has 7 heteroatoms. The van der Waals surface area contributed by atoms with E-state index in [2.05, 4.69) is 15.0 Å². The molecule has 1 unspecified atom stereocenters. The summed E-state index contributed by atoms with van der Waals surface area (Å²) in [5, 5.41) is 4.09. The first-order valence-corrected chi connectivity index (χ1v) is 8.84. The van der Waals surface area contributed by atoms with Gasteiger partial charge in [0.1, 0.15) is 0 Å². The summed E-state index contributed by atoms with van der Waals surface area (Å²) in [5.41, 5.74) is 0.934. The molecular weight excluding hydrogens is 320 g/mol. The van der Waals surface area contributed by atoms with Crippen molar-refractivity contribution in [3.05, 3.63) is 41.9 Å². The lowest BCUT2D eigenvalue weighted by molar-refractivity contribution is 0.0564. The third kappa shape index (κ3) is 3.37. The fraction of sp³-hybridized carbons (Fsp3) is 0.500. The minimum absolute atomic E-state index is 0.000568. The molecular formula is C18H22N4O3. The van der Waals surface area contributed by atoms with Gasteiger partial charge in [0.05, 0.1) is 24.9 Å². The summed E-state index contributed by atoms with van der Waals surface area (Å²) in [5.74, 6) is 0.893. The number of carbonyl (C=O) groups is 1. The number of carbonyl (C=O) groups excluding carboxylic acids is 1. The molecule has 2 aromatic rings. The van der Waals surface area contributed by atoms with Crippen molar-refractivity contribution >= 4 is 11.7 Å². The molecule has 0 N–H and O–H groups in total. The molecule has 25 heavy (non-hydrogen) atoms. The monoisotopic (exact) mass is 342 g/mol. The average Bonchev–Trinajstić information content (AvgIpc) is 3.19. The predicted octanol–water partition coefficient (Wildman–Crippen LogP) is 2.27. The second kappa shape index (κ2) is 7.23. The SMILES string of the molecule is O=C(c1cc(N2CCOCC2)no1)N1CCCCC1c1ccccn1. The van der Waals surface area contributed by atoms with E-state index >= 15 is 0 Å². The Labute approximate surface area is 146 Å². The molecule has 1 amide bonds. The molecule has 0 aromatic carbocycles. The van der Waals surface area contributed by atoms with Crippen LogP contribution in [0.1, 0.15) is 41.6 Å². The zero-order chi connectivity index (χ0) is 17.1. The van der Waals surface area contributed by atoms with Crippen LogP contribution < -0.4 is 4.90 Å². The van der Waals surface area contributed by atoms with Gasteiger partial charge in [0.25, 0.3) is 5.91 Å². The number of likely N-dealkylation sites (tertiary alicyclic amines) is 1. The van der Waals surface area contributed by atoms with Crippen LogP contribution in [0.15, 0.2) is 35.0 Å². The van der Waals surface area contributed by atoms with Gasteiger partial charge in [-0.15, -0.1) is 0 Å². The number of hydrogen-bond acceptors (Lipinski definition) is 6. The molecule has 2 aliphatic rings. The molecule has 2 aliphatic heterocycles. The summed E-state index contributed by atoms with van der Waals surface area (Å²) >= 11 is 0. The highest BCUT2D eigenvalue weighted by Gasteiger charge is 2.32. The standard InChI is InChI=1S/C18H22N4O3/c23-18(16-13-17(20-25-16)21-9-11-24-12-10-21)22-8-4-2-6-15(22)14-5-1-3-7-19-14/h1,3,5,7,13,15H,2,4,6,8-12H2. The second-order valence-electron chi connectivity index (χ2n) is 6.41. The van der Waals surface area contributed by atoms with E-state index in [1.165, 1.54) is 0 Å². The molecule has 7 nitrogen and oxygen atoms in total. The van der Waals surface area contributed by atoms with Gasteiger partial charge in [-0.3, -0.25) is 9.78 Å². The number of rotatable bonds is 3. The molecule has 2 fully saturated rings. The molecule has 1 atom stereocenters. The van der Waals surface area contributed by atoms with E-state index in [9.17, 15) is 4.79 Å². The Bertz CT molecular complexity index is 712. The number of morpholine rings is 1. The van der Waals surface area contributed by atoms with Crippen molar-refractivity contribution in [1.82, 2.24) is 15.0 Å². The molecule has 4 heterocycles.